The summed E-state index contributed by atoms with van der Waals surface area (Å²) in [6.07, 6.45) is 3.76. The van der Waals surface area contributed by atoms with E-state index in [4.69, 9.17) is 5.11 Å². The maximum Gasteiger partial charge on any atom is 0.381 e. The van der Waals surface area contributed by atoms with Gasteiger partial charge in [0.2, 0.25) is 12.2 Å². The SMILES string of the molecule is O=C(O)C1CCN(C(=O)CCn2cnc([N+](=O)[O-])c2)CC1. The molecule has 0 unspecified atom stereocenters. The molecule has 0 saturated carbocycles. The number of hydrogen-bond acceptors (Lipinski definition) is 5. The maximum atomic E-state index is 12.0. The molecule has 2 rings (SSSR count). The van der Waals surface area contributed by atoms with Crippen LogP contribution in [0.25, 0.3) is 0 Å². The molecule has 0 bridgehead atoms. The summed E-state index contributed by atoms with van der Waals surface area (Å²) >= 11 is 0. The van der Waals surface area contributed by atoms with Gasteiger partial charge in [-0.15, -0.1) is 0 Å². The topological polar surface area (TPSA) is 119 Å². The zero-order valence-corrected chi connectivity index (χ0v) is 11.3. The van der Waals surface area contributed by atoms with Crippen LogP contribution in [0.2, 0.25) is 0 Å². The lowest BCUT2D eigenvalue weighted by molar-refractivity contribution is -0.389. The average Bonchev–Trinajstić information content (AvgIpc) is 2.94. The second-order valence-electron chi connectivity index (χ2n) is 4.97. The predicted molar refractivity (Wildman–Crippen MR) is 70.4 cm³/mol. The Bertz CT molecular complexity index is 548. The number of likely N-dealkylation sites (tertiary alicyclic amines) is 1. The molecule has 0 aliphatic carbocycles. The van der Waals surface area contributed by atoms with Crippen molar-refractivity contribution in [1.82, 2.24) is 14.5 Å². The molecule has 1 saturated heterocycles. The van der Waals surface area contributed by atoms with Crippen molar-refractivity contribution in [2.75, 3.05) is 13.1 Å². The highest BCUT2D eigenvalue weighted by molar-refractivity contribution is 5.77. The van der Waals surface area contributed by atoms with Crippen molar-refractivity contribution in [3.8, 4) is 0 Å². The molecule has 1 aromatic rings. The van der Waals surface area contributed by atoms with Gasteiger partial charge in [-0.3, -0.25) is 9.59 Å². The minimum absolute atomic E-state index is 0.0739. The van der Waals surface area contributed by atoms with Crippen LogP contribution in [0, 0.1) is 16.0 Å². The van der Waals surface area contributed by atoms with Gasteiger partial charge in [0, 0.05) is 26.1 Å². The Balaban J connectivity index is 1.79. The minimum atomic E-state index is -0.812. The van der Waals surface area contributed by atoms with Crippen molar-refractivity contribution in [2.45, 2.75) is 25.8 Å². The van der Waals surface area contributed by atoms with Crippen LogP contribution in [0.15, 0.2) is 12.5 Å². The number of imidazole rings is 1. The van der Waals surface area contributed by atoms with Gasteiger partial charge in [0.15, 0.2) is 0 Å². The van der Waals surface area contributed by atoms with Gasteiger partial charge < -0.3 is 24.7 Å². The Morgan fingerprint density at radius 1 is 1.43 bits per heavy atom. The van der Waals surface area contributed by atoms with E-state index in [2.05, 4.69) is 4.98 Å². The fourth-order valence-corrected chi connectivity index (χ4v) is 2.32. The number of aliphatic carboxylic acids is 1. The highest BCUT2D eigenvalue weighted by atomic mass is 16.6. The average molecular weight is 296 g/mol. The quantitative estimate of drug-likeness (QED) is 0.624. The van der Waals surface area contributed by atoms with Crippen molar-refractivity contribution < 1.29 is 19.6 Å². The van der Waals surface area contributed by atoms with Gasteiger partial charge >= 0.3 is 11.8 Å². The summed E-state index contributed by atoms with van der Waals surface area (Å²) < 4.78 is 1.50. The van der Waals surface area contributed by atoms with Gasteiger partial charge in [-0.2, -0.15) is 0 Å². The van der Waals surface area contributed by atoms with E-state index in [0.29, 0.717) is 32.5 Å². The standard InChI is InChI=1S/C12H16N4O5/c17-11(15-5-1-9(2-6-15)12(18)19)3-4-14-7-10(13-8-14)16(20)21/h7-9H,1-6H2,(H,18,19). The summed E-state index contributed by atoms with van der Waals surface area (Å²) in [4.78, 5) is 38.0. The number of carbonyl (C=O) groups excluding carboxylic acids is 1. The van der Waals surface area contributed by atoms with Gasteiger partial charge in [-0.25, -0.2) is 0 Å². The van der Waals surface area contributed by atoms with E-state index in [1.807, 2.05) is 0 Å². The predicted octanol–water partition coefficient (Wildman–Crippen LogP) is 0.505. The fourth-order valence-electron chi connectivity index (χ4n) is 2.32. The normalized spacial score (nSPS) is 15.9. The molecule has 1 aliphatic rings. The number of piperidine rings is 1. The van der Waals surface area contributed by atoms with E-state index < -0.39 is 10.9 Å². The summed E-state index contributed by atoms with van der Waals surface area (Å²) in [5.74, 6) is -1.50. The number of rotatable bonds is 5. The van der Waals surface area contributed by atoms with Gasteiger partial charge in [-0.1, -0.05) is 0 Å². The van der Waals surface area contributed by atoms with Crippen molar-refractivity contribution in [3.05, 3.63) is 22.6 Å². The number of nitro groups is 1. The fraction of sp³-hybridized carbons (Fsp3) is 0.583. The van der Waals surface area contributed by atoms with E-state index >= 15 is 0 Å². The van der Waals surface area contributed by atoms with Crippen LogP contribution in [0.4, 0.5) is 5.82 Å². The molecule has 0 radical (unpaired) electrons. The van der Waals surface area contributed by atoms with Crippen molar-refractivity contribution in [1.29, 1.82) is 0 Å². The lowest BCUT2D eigenvalue weighted by atomic mass is 9.97. The number of carbonyl (C=O) groups is 2. The number of aryl methyl sites for hydroxylation is 1. The van der Waals surface area contributed by atoms with E-state index in [-0.39, 0.29) is 24.1 Å². The summed E-state index contributed by atoms with van der Waals surface area (Å²) in [6.45, 7) is 1.21. The second-order valence-corrected chi connectivity index (χ2v) is 4.97. The zero-order valence-electron chi connectivity index (χ0n) is 11.3. The number of carboxylic acid groups (broad SMARTS) is 1. The van der Waals surface area contributed by atoms with Crippen LogP contribution in [0.3, 0.4) is 0 Å². The van der Waals surface area contributed by atoms with Crippen LogP contribution in [0.1, 0.15) is 19.3 Å². The summed E-state index contributed by atoms with van der Waals surface area (Å²) in [6, 6.07) is 0. The molecule has 0 atom stereocenters. The first-order chi connectivity index (χ1) is 9.97. The number of nitrogens with zero attached hydrogens (tertiary/aromatic N) is 4. The van der Waals surface area contributed by atoms with Gasteiger partial charge in [0.25, 0.3) is 0 Å². The van der Waals surface area contributed by atoms with Crippen LogP contribution in [-0.2, 0) is 16.1 Å². The zero-order chi connectivity index (χ0) is 15.4. The summed E-state index contributed by atoms with van der Waals surface area (Å²) in [7, 11) is 0. The molecule has 1 amide bonds. The molecule has 9 nitrogen and oxygen atoms in total. The number of aromatic nitrogens is 2. The van der Waals surface area contributed by atoms with Crippen molar-refractivity contribution in [3.63, 3.8) is 0 Å². The molecule has 1 N–H and O–H groups in total. The minimum Gasteiger partial charge on any atom is -0.481 e. The van der Waals surface area contributed by atoms with Crippen LogP contribution in [-0.4, -0.2) is 49.4 Å². The summed E-state index contributed by atoms with van der Waals surface area (Å²) in [5.41, 5.74) is 0. The third-order valence-corrected chi connectivity index (χ3v) is 3.59. The molecule has 1 aromatic heterocycles. The van der Waals surface area contributed by atoms with Gasteiger partial charge in [0.1, 0.15) is 6.20 Å². The Labute approximate surface area is 120 Å². The van der Waals surface area contributed by atoms with Crippen LogP contribution < -0.4 is 0 Å². The molecule has 0 spiro atoms. The second kappa shape index (κ2) is 6.33. The summed E-state index contributed by atoms with van der Waals surface area (Å²) in [5, 5.41) is 19.4. The highest BCUT2D eigenvalue weighted by Crippen LogP contribution is 2.18. The molecule has 9 heteroatoms. The number of amides is 1. The Morgan fingerprint density at radius 3 is 2.62 bits per heavy atom. The smallest absolute Gasteiger partial charge is 0.381 e. The molecular weight excluding hydrogens is 280 g/mol. The molecule has 1 aliphatic heterocycles. The third kappa shape index (κ3) is 3.77. The molecular formula is C12H16N4O5. The Hall–Kier alpha value is -2.45. The molecule has 21 heavy (non-hydrogen) atoms. The first-order valence-corrected chi connectivity index (χ1v) is 6.64. The van der Waals surface area contributed by atoms with Crippen molar-refractivity contribution in [2.24, 2.45) is 5.92 Å². The molecule has 1 fully saturated rings. The van der Waals surface area contributed by atoms with E-state index in [9.17, 15) is 19.7 Å². The monoisotopic (exact) mass is 296 g/mol. The maximum absolute atomic E-state index is 12.0. The number of carboxylic acids is 1. The van der Waals surface area contributed by atoms with Gasteiger partial charge in [0.05, 0.1) is 5.92 Å². The number of hydrogen-bond donors (Lipinski definition) is 1. The van der Waals surface area contributed by atoms with Crippen LogP contribution >= 0.6 is 0 Å². The largest absolute Gasteiger partial charge is 0.481 e. The molecule has 114 valence electrons. The van der Waals surface area contributed by atoms with Crippen molar-refractivity contribution >= 4 is 17.7 Å². The lowest BCUT2D eigenvalue weighted by Crippen LogP contribution is -2.40. The Morgan fingerprint density at radius 2 is 2.10 bits per heavy atom. The van der Waals surface area contributed by atoms with E-state index in [0.717, 1.165) is 0 Å². The Kier molecular flexibility index (Phi) is 4.51. The third-order valence-electron chi connectivity index (χ3n) is 3.59. The van der Waals surface area contributed by atoms with E-state index in [1.54, 1.807) is 4.90 Å². The lowest BCUT2D eigenvalue weighted by Gasteiger charge is -2.30. The van der Waals surface area contributed by atoms with Crippen LogP contribution in [0.5, 0.6) is 0 Å². The van der Waals surface area contributed by atoms with Gasteiger partial charge in [-0.05, 0) is 22.7 Å². The first-order valence-electron chi connectivity index (χ1n) is 6.64. The molecule has 0 aromatic carbocycles. The molecule has 2 heterocycles. The first kappa shape index (κ1) is 14.9. The van der Waals surface area contributed by atoms with E-state index in [1.165, 1.54) is 17.1 Å². The highest BCUT2D eigenvalue weighted by Gasteiger charge is 2.26.